The molecule has 20 heavy (non-hydrogen) atoms. The van der Waals surface area contributed by atoms with E-state index in [0.717, 1.165) is 12.1 Å². The molecule has 0 aliphatic carbocycles. The Bertz CT molecular complexity index is 481. The van der Waals surface area contributed by atoms with Gasteiger partial charge in [0.1, 0.15) is 0 Å². The Morgan fingerprint density at radius 2 is 2.15 bits per heavy atom. The van der Waals surface area contributed by atoms with Crippen LogP contribution in [0.3, 0.4) is 0 Å². The van der Waals surface area contributed by atoms with Gasteiger partial charge in [0.25, 0.3) is 0 Å². The molecule has 1 aromatic heterocycles. The molecule has 0 fully saturated rings. The van der Waals surface area contributed by atoms with Crippen molar-refractivity contribution in [3.8, 4) is 0 Å². The molecule has 0 aliphatic rings. The molecule has 1 rings (SSSR count). The summed E-state index contributed by atoms with van der Waals surface area (Å²) < 4.78 is 1.78. The number of carbonyl (C=O) groups excluding carboxylic acids is 1. The molecule has 0 radical (unpaired) electrons. The smallest absolute Gasteiger partial charge is 0.234 e. The monoisotopic (exact) mass is 297 g/mol. The number of hydrogen-bond acceptors (Lipinski definition) is 5. The van der Waals surface area contributed by atoms with Gasteiger partial charge in [0, 0.05) is 12.2 Å². The van der Waals surface area contributed by atoms with Crippen molar-refractivity contribution in [1.82, 2.24) is 20.1 Å². The predicted octanol–water partition coefficient (Wildman–Crippen LogP) is 2.04. The number of nitrogens with two attached hydrogens (primary N) is 1. The second kappa shape index (κ2) is 7.94. The van der Waals surface area contributed by atoms with Crippen LogP contribution < -0.4 is 11.1 Å². The minimum Gasteiger partial charge on any atom is -0.368 e. The largest absolute Gasteiger partial charge is 0.368 e. The molecule has 3 N–H and O–H groups in total. The van der Waals surface area contributed by atoms with E-state index in [0.29, 0.717) is 29.3 Å². The van der Waals surface area contributed by atoms with E-state index in [-0.39, 0.29) is 5.91 Å². The summed E-state index contributed by atoms with van der Waals surface area (Å²) in [5.74, 6) is 0.946. The summed E-state index contributed by atoms with van der Waals surface area (Å²) in [6.45, 7) is 8.82. The van der Waals surface area contributed by atoms with Crippen molar-refractivity contribution >= 4 is 23.6 Å². The van der Waals surface area contributed by atoms with E-state index in [1.165, 1.54) is 11.8 Å². The SMILES string of the molecule is CC/C=C(/NC(=O)CSc1nnc(N)n1CC)C(C)C. The third kappa shape index (κ3) is 4.56. The number of anilines is 1. The van der Waals surface area contributed by atoms with Gasteiger partial charge in [-0.25, -0.2) is 0 Å². The van der Waals surface area contributed by atoms with E-state index in [1.54, 1.807) is 4.57 Å². The first kappa shape index (κ1) is 16.6. The maximum atomic E-state index is 12.0. The van der Waals surface area contributed by atoms with Crippen molar-refractivity contribution in [2.75, 3.05) is 11.5 Å². The molecule has 1 heterocycles. The van der Waals surface area contributed by atoms with Gasteiger partial charge >= 0.3 is 0 Å². The second-order valence-corrected chi connectivity index (χ2v) is 5.59. The average Bonchev–Trinajstić information content (AvgIpc) is 2.76. The van der Waals surface area contributed by atoms with Crippen LogP contribution in [0.4, 0.5) is 5.95 Å². The Balaban J connectivity index is 2.57. The highest BCUT2D eigenvalue weighted by molar-refractivity contribution is 7.99. The van der Waals surface area contributed by atoms with E-state index >= 15 is 0 Å². The zero-order valence-corrected chi connectivity index (χ0v) is 13.3. The maximum Gasteiger partial charge on any atom is 0.234 e. The van der Waals surface area contributed by atoms with Gasteiger partial charge in [-0.1, -0.05) is 38.6 Å². The van der Waals surface area contributed by atoms with Crippen molar-refractivity contribution in [2.45, 2.75) is 45.8 Å². The summed E-state index contributed by atoms with van der Waals surface area (Å²) in [6, 6.07) is 0. The standard InChI is InChI=1S/C13H23N5OS/c1-5-7-10(9(3)4)15-11(19)8-20-13-17-16-12(14)18(13)6-2/h7,9H,5-6,8H2,1-4H3,(H2,14,16)(H,15,19)/b10-7+. The van der Waals surface area contributed by atoms with Gasteiger partial charge in [0.05, 0.1) is 5.75 Å². The summed E-state index contributed by atoms with van der Waals surface area (Å²) in [5.41, 5.74) is 6.65. The van der Waals surface area contributed by atoms with Crippen LogP contribution in [0.2, 0.25) is 0 Å². The van der Waals surface area contributed by atoms with E-state index < -0.39 is 0 Å². The topological polar surface area (TPSA) is 85.8 Å². The van der Waals surface area contributed by atoms with Crippen molar-refractivity contribution in [3.63, 3.8) is 0 Å². The number of carbonyl (C=O) groups is 1. The lowest BCUT2D eigenvalue weighted by atomic mass is 10.1. The minimum absolute atomic E-state index is 0.0346. The number of allylic oxidation sites excluding steroid dienone is 2. The molecule has 0 bridgehead atoms. The first-order valence-corrected chi connectivity index (χ1v) is 7.79. The molecule has 1 amide bonds. The van der Waals surface area contributed by atoms with Crippen LogP contribution in [-0.4, -0.2) is 26.4 Å². The summed E-state index contributed by atoms with van der Waals surface area (Å²) in [6.07, 6.45) is 2.95. The van der Waals surface area contributed by atoms with E-state index in [2.05, 4.69) is 36.3 Å². The summed E-state index contributed by atoms with van der Waals surface area (Å²) in [4.78, 5) is 12.0. The Labute approximate surface area is 124 Å². The van der Waals surface area contributed by atoms with Crippen LogP contribution in [0, 0.1) is 5.92 Å². The molecule has 0 unspecified atom stereocenters. The van der Waals surface area contributed by atoms with Crippen LogP contribution in [-0.2, 0) is 11.3 Å². The van der Waals surface area contributed by atoms with Gasteiger partial charge < -0.3 is 11.1 Å². The summed E-state index contributed by atoms with van der Waals surface area (Å²) in [5, 5.41) is 11.4. The number of aromatic nitrogens is 3. The molecule has 0 saturated carbocycles. The number of nitrogens with zero attached hydrogens (tertiary/aromatic N) is 3. The van der Waals surface area contributed by atoms with E-state index in [1.807, 2.05) is 13.0 Å². The zero-order chi connectivity index (χ0) is 15.1. The van der Waals surface area contributed by atoms with Crippen molar-refractivity contribution in [3.05, 3.63) is 11.8 Å². The van der Waals surface area contributed by atoms with Gasteiger partial charge in [-0.15, -0.1) is 10.2 Å². The van der Waals surface area contributed by atoms with E-state index in [9.17, 15) is 4.79 Å². The Morgan fingerprint density at radius 1 is 1.45 bits per heavy atom. The lowest BCUT2D eigenvalue weighted by Gasteiger charge is -2.13. The fourth-order valence-electron chi connectivity index (χ4n) is 1.68. The number of nitrogens with one attached hydrogen (secondary N) is 1. The number of thioether (sulfide) groups is 1. The van der Waals surface area contributed by atoms with Crippen molar-refractivity contribution in [2.24, 2.45) is 5.92 Å². The molecular formula is C13H23N5OS. The minimum atomic E-state index is -0.0346. The first-order valence-electron chi connectivity index (χ1n) is 6.80. The molecule has 0 spiro atoms. The summed E-state index contributed by atoms with van der Waals surface area (Å²) in [7, 11) is 0. The highest BCUT2D eigenvalue weighted by atomic mass is 32.2. The average molecular weight is 297 g/mol. The zero-order valence-electron chi connectivity index (χ0n) is 12.5. The number of hydrogen-bond donors (Lipinski definition) is 2. The molecular weight excluding hydrogens is 274 g/mol. The molecule has 7 heteroatoms. The van der Waals surface area contributed by atoms with Crippen molar-refractivity contribution < 1.29 is 4.79 Å². The van der Waals surface area contributed by atoms with Gasteiger partial charge in [-0.2, -0.15) is 0 Å². The number of amides is 1. The highest BCUT2D eigenvalue weighted by Crippen LogP contribution is 2.18. The number of nitrogen functional groups attached to an aromatic ring is 1. The lowest BCUT2D eigenvalue weighted by Crippen LogP contribution is -2.27. The van der Waals surface area contributed by atoms with Gasteiger partial charge in [0.15, 0.2) is 5.16 Å². The lowest BCUT2D eigenvalue weighted by molar-refractivity contribution is -0.118. The van der Waals surface area contributed by atoms with Crippen LogP contribution >= 0.6 is 11.8 Å². The third-order valence-corrected chi connectivity index (χ3v) is 3.69. The van der Waals surface area contributed by atoms with Crippen LogP contribution in [0.5, 0.6) is 0 Å². The second-order valence-electron chi connectivity index (χ2n) is 4.64. The highest BCUT2D eigenvalue weighted by Gasteiger charge is 2.12. The fourth-order valence-corrected chi connectivity index (χ4v) is 2.49. The molecule has 0 atom stereocenters. The molecule has 112 valence electrons. The third-order valence-electron chi connectivity index (χ3n) is 2.72. The Hall–Kier alpha value is -1.50. The fraction of sp³-hybridized carbons (Fsp3) is 0.615. The van der Waals surface area contributed by atoms with E-state index in [4.69, 9.17) is 5.73 Å². The molecule has 6 nitrogen and oxygen atoms in total. The molecule has 0 aromatic carbocycles. The van der Waals surface area contributed by atoms with Gasteiger partial charge in [-0.3, -0.25) is 9.36 Å². The normalized spacial score (nSPS) is 11.9. The van der Waals surface area contributed by atoms with Gasteiger partial charge in [0.2, 0.25) is 11.9 Å². The molecule has 0 saturated heterocycles. The van der Waals surface area contributed by atoms with Crippen LogP contribution in [0.15, 0.2) is 16.9 Å². The summed E-state index contributed by atoms with van der Waals surface area (Å²) >= 11 is 1.34. The molecule has 0 aliphatic heterocycles. The van der Waals surface area contributed by atoms with Gasteiger partial charge in [-0.05, 0) is 19.3 Å². The maximum absolute atomic E-state index is 12.0. The van der Waals surface area contributed by atoms with Crippen LogP contribution in [0.1, 0.15) is 34.1 Å². The molecule has 1 aromatic rings. The number of rotatable bonds is 7. The predicted molar refractivity (Wildman–Crippen MR) is 82.2 cm³/mol. The van der Waals surface area contributed by atoms with Crippen molar-refractivity contribution in [1.29, 1.82) is 0 Å². The first-order chi connectivity index (χ1) is 9.49. The Kier molecular flexibility index (Phi) is 6.57. The quantitative estimate of drug-likeness (QED) is 0.752. The Morgan fingerprint density at radius 3 is 2.70 bits per heavy atom. The van der Waals surface area contributed by atoms with Crippen LogP contribution in [0.25, 0.3) is 0 Å².